The van der Waals surface area contributed by atoms with Gasteiger partial charge in [0.05, 0.1) is 16.8 Å². The zero-order valence-corrected chi connectivity index (χ0v) is 22.6. The van der Waals surface area contributed by atoms with Crippen molar-refractivity contribution in [2.75, 3.05) is 13.1 Å². The maximum absolute atomic E-state index is 14.2. The van der Waals surface area contributed by atoms with Gasteiger partial charge in [0.1, 0.15) is 12.2 Å². The van der Waals surface area contributed by atoms with Crippen molar-refractivity contribution >= 4 is 5.52 Å². The molecule has 1 aromatic carbocycles. The maximum atomic E-state index is 14.2. The summed E-state index contributed by atoms with van der Waals surface area (Å²) in [7, 11) is 0. The fourth-order valence-corrected chi connectivity index (χ4v) is 6.33. The number of benzene rings is 1. The number of alkyl halides is 5. The first kappa shape index (κ1) is 27.6. The lowest BCUT2D eigenvalue weighted by molar-refractivity contribution is -0.136. The lowest BCUT2D eigenvalue weighted by atomic mass is 9.72. The van der Waals surface area contributed by atoms with E-state index in [0.717, 1.165) is 66.6 Å². The molecule has 7 nitrogen and oxygen atoms in total. The number of imidazole rings is 1. The minimum atomic E-state index is -4.66. The van der Waals surface area contributed by atoms with Crippen LogP contribution in [0.4, 0.5) is 22.0 Å². The van der Waals surface area contributed by atoms with Gasteiger partial charge in [-0.15, -0.1) is 10.2 Å². The third-order valence-corrected chi connectivity index (χ3v) is 8.49. The molecule has 1 saturated carbocycles. The summed E-state index contributed by atoms with van der Waals surface area (Å²) >= 11 is 0. The van der Waals surface area contributed by atoms with Gasteiger partial charge in [0.25, 0.3) is 0 Å². The second-order valence-electron chi connectivity index (χ2n) is 11.4. The predicted molar refractivity (Wildman–Crippen MR) is 142 cm³/mol. The molecular weight excluding hydrogens is 543 g/mol. The van der Waals surface area contributed by atoms with E-state index in [0.29, 0.717) is 29.3 Å². The Labute approximate surface area is 233 Å². The largest absolute Gasteiger partial charge is 0.418 e. The number of fused-ring (bicyclic) bond motifs is 1. The van der Waals surface area contributed by atoms with Gasteiger partial charge in [0.15, 0.2) is 0 Å². The standard InChI is InChI=1S/C29H31F5N6O/c1-18-5-4-10-37(13-18)14-19-11-23(29(32,33)34)24-16-38(28(41)39(24)15-19)22-9-3-8-21(12-22)25(20-6-2-7-20)26-36-35-17-40(26)27(30)31/h3,8-9,11-12,15-18,20,25,27H,2,4-7,10,13-14H2,1H3/t18-,25?/m0/s1. The molecule has 2 atom stereocenters. The molecule has 1 unspecified atom stereocenters. The van der Waals surface area contributed by atoms with Crippen LogP contribution in [0.2, 0.25) is 0 Å². The minimum absolute atomic E-state index is 0.0636. The van der Waals surface area contributed by atoms with Crippen LogP contribution in [0, 0.1) is 11.8 Å². The lowest BCUT2D eigenvalue weighted by Crippen LogP contribution is -2.34. The van der Waals surface area contributed by atoms with E-state index >= 15 is 0 Å². The summed E-state index contributed by atoms with van der Waals surface area (Å²) in [6, 6.07) is 7.90. The highest BCUT2D eigenvalue weighted by Crippen LogP contribution is 2.43. The fraction of sp³-hybridized carbons (Fsp3) is 0.483. The highest BCUT2D eigenvalue weighted by atomic mass is 19.4. The molecule has 2 aliphatic rings. The summed E-state index contributed by atoms with van der Waals surface area (Å²) in [4.78, 5) is 15.7. The number of pyridine rings is 1. The summed E-state index contributed by atoms with van der Waals surface area (Å²) < 4.78 is 73.1. The topological polar surface area (TPSA) is 60.4 Å². The van der Waals surface area contributed by atoms with Crippen molar-refractivity contribution in [3.05, 3.63) is 82.1 Å². The van der Waals surface area contributed by atoms with Crippen molar-refractivity contribution in [1.82, 2.24) is 28.6 Å². The number of nitrogens with zero attached hydrogens (tertiary/aromatic N) is 6. The number of piperidine rings is 1. The van der Waals surface area contributed by atoms with Crippen molar-refractivity contribution in [3.63, 3.8) is 0 Å². The molecule has 4 aromatic rings. The lowest BCUT2D eigenvalue weighted by Gasteiger charge is -2.33. The predicted octanol–water partition coefficient (Wildman–Crippen LogP) is 6.26. The third kappa shape index (κ3) is 5.29. The Hall–Kier alpha value is -3.54. The number of aromatic nitrogens is 5. The minimum Gasteiger partial charge on any atom is -0.299 e. The van der Waals surface area contributed by atoms with Crippen LogP contribution in [-0.2, 0) is 12.7 Å². The first-order chi connectivity index (χ1) is 19.6. The van der Waals surface area contributed by atoms with Gasteiger partial charge < -0.3 is 0 Å². The SMILES string of the molecule is C[C@H]1CCCN(Cc2cc(C(F)(F)F)c3cn(-c4cccc(C(c5nncn5C(F)F)C5CCC5)c4)c(=O)n3c2)C1. The molecule has 0 bridgehead atoms. The average Bonchev–Trinajstić information content (AvgIpc) is 3.50. The highest BCUT2D eigenvalue weighted by molar-refractivity contribution is 5.58. The van der Waals surface area contributed by atoms with E-state index < -0.39 is 29.9 Å². The van der Waals surface area contributed by atoms with Crippen LogP contribution >= 0.6 is 0 Å². The molecule has 0 amide bonds. The third-order valence-electron chi connectivity index (χ3n) is 8.49. The smallest absolute Gasteiger partial charge is 0.299 e. The number of hydrogen-bond acceptors (Lipinski definition) is 4. The zero-order valence-electron chi connectivity index (χ0n) is 22.6. The van der Waals surface area contributed by atoms with Crippen LogP contribution in [0.15, 0.2) is 53.8 Å². The summed E-state index contributed by atoms with van der Waals surface area (Å²) in [6.45, 7) is 1.23. The Morgan fingerprint density at radius 1 is 1.07 bits per heavy atom. The molecule has 3 aromatic heterocycles. The van der Waals surface area contributed by atoms with Crippen molar-refractivity contribution in [1.29, 1.82) is 0 Å². The molecule has 0 spiro atoms. The number of rotatable bonds is 7. The van der Waals surface area contributed by atoms with E-state index in [4.69, 9.17) is 0 Å². The van der Waals surface area contributed by atoms with E-state index in [2.05, 4.69) is 22.0 Å². The quantitative estimate of drug-likeness (QED) is 0.245. The van der Waals surface area contributed by atoms with Gasteiger partial charge in [-0.25, -0.2) is 4.79 Å². The second-order valence-corrected chi connectivity index (χ2v) is 11.4. The molecule has 41 heavy (non-hydrogen) atoms. The molecule has 1 aliphatic carbocycles. The van der Waals surface area contributed by atoms with Gasteiger partial charge in [-0.3, -0.25) is 18.4 Å². The Morgan fingerprint density at radius 3 is 2.56 bits per heavy atom. The fourth-order valence-electron chi connectivity index (χ4n) is 6.33. The molecule has 6 rings (SSSR count). The molecule has 1 saturated heterocycles. The van der Waals surface area contributed by atoms with Gasteiger partial charge in [0.2, 0.25) is 0 Å². The van der Waals surface area contributed by atoms with Gasteiger partial charge in [0, 0.05) is 31.4 Å². The summed E-state index contributed by atoms with van der Waals surface area (Å²) in [5.74, 6) is 0.169. The van der Waals surface area contributed by atoms with Crippen LogP contribution in [0.3, 0.4) is 0 Å². The molecule has 0 N–H and O–H groups in total. The molecule has 4 heterocycles. The van der Waals surface area contributed by atoms with Crippen LogP contribution in [0.25, 0.3) is 11.2 Å². The zero-order chi connectivity index (χ0) is 28.9. The highest BCUT2D eigenvalue weighted by Gasteiger charge is 2.36. The Balaban J connectivity index is 1.42. The number of hydrogen-bond donors (Lipinski definition) is 0. The van der Waals surface area contributed by atoms with Crippen molar-refractivity contribution < 1.29 is 22.0 Å². The molecule has 218 valence electrons. The molecule has 2 fully saturated rings. The van der Waals surface area contributed by atoms with Gasteiger partial charge in [-0.2, -0.15) is 22.0 Å². The van der Waals surface area contributed by atoms with E-state index in [9.17, 15) is 26.7 Å². The Morgan fingerprint density at radius 2 is 1.88 bits per heavy atom. The van der Waals surface area contributed by atoms with E-state index in [-0.39, 0.29) is 17.3 Å². The van der Waals surface area contributed by atoms with Crippen molar-refractivity contribution in [2.45, 2.75) is 64.2 Å². The van der Waals surface area contributed by atoms with Crippen molar-refractivity contribution in [3.8, 4) is 5.69 Å². The second kappa shape index (κ2) is 10.7. The molecular formula is C29H31F5N6O. The number of halogens is 5. The van der Waals surface area contributed by atoms with Gasteiger partial charge in [-0.1, -0.05) is 25.5 Å². The Kier molecular flexibility index (Phi) is 7.21. The van der Waals surface area contributed by atoms with Crippen LogP contribution < -0.4 is 5.69 Å². The van der Waals surface area contributed by atoms with E-state index in [1.165, 1.54) is 17.0 Å². The molecule has 1 aliphatic heterocycles. The van der Waals surface area contributed by atoms with Crippen LogP contribution in [-0.4, -0.2) is 41.7 Å². The Bertz CT molecular complexity index is 1600. The van der Waals surface area contributed by atoms with Crippen LogP contribution in [0.5, 0.6) is 0 Å². The van der Waals surface area contributed by atoms with Crippen LogP contribution in [0.1, 0.15) is 74.0 Å². The van der Waals surface area contributed by atoms with E-state index in [1.807, 2.05) is 0 Å². The molecule has 12 heteroatoms. The normalized spacial score (nSPS) is 19.6. The molecule has 0 radical (unpaired) electrons. The first-order valence-electron chi connectivity index (χ1n) is 13.9. The van der Waals surface area contributed by atoms with Crippen molar-refractivity contribution in [2.24, 2.45) is 11.8 Å². The number of likely N-dealkylation sites (tertiary alicyclic amines) is 1. The summed E-state index contributed by atoms with van der Waals surface area (Å²) in [5.41, 5.74) is -0.319. The van der Waals surface area contributed by atoms with Gasteiger partial charge in [-0.05, 0) is 73.4 Å². The van der Waals surface area contributed by atoms with Gasteiger partial charge >= 0.3 is 18.4 Å². The summed E-state index contributed by atoms with van der Waals surface area (Å²) in [6.07, 6.45) is 3.74. The maximum Gasteiger partial charge on any atom is 0.418 e. The monoisotopic (exact) mass is 574 g/mol. The summed E-state index contributed by atoms with van der Waals surface area (Å²) in [5, 5.41) is 7.71. The average molecular weight is 575 g/mol. The van der Waals surface area contributed by atoms with E-state index in [1.54, 1.807) is 24.3 Å². The first-order valence-corrected chi connectivity index (χ1v) is 13.9.